The second kappa shape index (κ2) is 7.62. The van der Waals surface area contributed by atoms with Gasteiger partial charge in [-0.3, -0.25) is 0 Å². The zero-order valence-electron chi connectivity index (χ0n) is 8.20. The minimum absolute atomic E-state index is 0.0269. The fourth-order valence-corrected chi connectivity index (χ4v) is 1.05. The minimum atomic E-state index is -0.462. The highest BCUT2D eigenvalue weighted by Crippen LogP contribution is 2.20. The van der Waals surface area contributed by atoms with Crippen LogP contribution in [0.3, 0.4) is 0 Å². The lowest BCUT2D eigenvalue weighted by atomic mass is 9.88. The second-order valence-electron chi connectivity index (χ2n) is 3.30. The van der Waals surface area contributed by atoms with Gasteiger partial charge in [0.15, 0.2) is 0 Å². The molecular weight excluding hydrogens is 188 g/mol. The van der Waals surface area contributed by atoms with E-state index in [-0.39, 0.29) is 13.2 Å². The standard InChI is InChI=1S/C9H20O3S/c1-2-9(6-10,7-11)8-12-4-3-5-13/h10-11,13H,2-8H2,1H3. The molecule has 4 heteroatoms. The van der Waals surface area contributed by atoms with E-state index in [9.17, 15) is 0 Å². The summed E-state index contributed by atoms with van der Waals surface area (Å²) in [6, 6.07) is 0. The van der Waals surface area contributed by atoms with Gasteiger partial charge >= 0.3 is 0 Å². The van der Waals surface area contributed by atoms with Gasteiger partial charge in [-0.05, 0) is 18.6 Å². The van der Waals surface area contributed by atoms with Crippen molar-refractivity contribution in [1.29, 1.82) is 0 Å². The molecule has 0 atom stereocenters. The zero-order chi connectivity index (χ0) is 10.2. The molecule has 0 aliphatic carbocycles. The Morgan fingerprint density at radius 1 is 1.31 bits per heavy atom. The maximum absolute atomic E-state index is 9.08. The first kappa shape index (κ1) is 13.2. The normalized spacial score (nSPS) is 12.0. The predicted octanol–water partition coefficient (Wildman–Crippen LogP) is 0.704. The Balaban J connectivity index is 3.68. The molecule has 0 unspecified atom stereocenters. The lowest BCUT2D eigenvalue weighted by Gasteiger charge is -2.27. The quantitative estimate of drug-likeness (QED) is 0.406. The van der Waals surface area contributed by atoms with Crippen molar-refractivity contribution in [3.05, 3.63) is 0 Å². The van der Waals surface area contributed by atoms with Crippen LogP contribution in [-0.4, -0.2) is 42.4 Å². The van der Waals surface area contributed by atoms with Gasteiger partial charge in [0.05, 0.1) is 19.8 Å². The van der Waals surface area contributed by atoms with Gasteiger partial charge in [-0.15, -0.1) is 0 Å². The largest absolute Gasteiger partial charge is 0.396 e. The summed E-state index contributed by atoms with van der Waals surface area (Å²) in [4.78, 5) is 0. The maximum atomic E-state index is 9.08. The molecule has 0 rings (SSSR count). The molecule has 0 heterocycles. The van der Waals surface area contributed by atoms with Crippen LogP contribution in [0.15, 0.2) is 0 Å². The van der Waals surface area contributed by atoms with Crippen LogP contribution in [0.2, 0.25) is 0 Å². The molecule has 0 bridgehead atoms. The number of hydrogen-bond donors (Lipinski definition) is 3. The van der Waals surface area contributed by atoms with E-state index in [0.29, 0.717) is 13.2 Å². The Morgan fingerprint density at radius 2 is 1.92 bits per heavy atom. The number of hydrogen-bond acceptors (Lipinski definition) is 4. The first-order valence-corrected chi connectivity index (χ1v) is 5.28. The van der Waals surface area contributed by atoms with Crippen LogP contribution in [-0.2, 0) is 4.74 Å². The summed E-state index contributed by atoms with van der Waals surface area (Å²) in [5.74, 6) is 0.803. The molecule has 0 radical (unpaired) electrons. The van der Waals surface area contributed by atoms with Crippen LogP contribution in [0, 0.1) is 5.41 Å². The van der Waals surface area contributed by atoms with Gasteiger partial charge in [0.25, 0.3) is 0 Å². The third kappa shape index (κ3) is 4.86. The molecule has 0 aromatic rings. The van der Waals surface area contributed by atoms with E-state index in [1.165, 1.54) is 0 Å². The smallest absolute Gasteiger partial charge is 0.0566 e. The molecule has 0 aromatic carbocycles. The summed E-state index contributed by atoms with van der Waals surface area (Å²) in [5, 5.41) is 18.2. The average Bonchev–Trinajstić information content (AvgIpc) is 2.20. The Morgan fingerprint density at radius 3 is 2.31 bits per heavy atom. The molecule has 0 aromatic heterocycles. The van der Waals surface area contributed by atoms with Gasteiger partial charge in [-0.2, -0.15) is 12.6 Å². The van der Waals surface area contributed by atoms with Gasteiger partial charge in [-0.25, -0.2) is 0 Å². The summed E-state index contributed by atoms with van der Waals surface area (Å²) in [7, 11) is 0. The molecule has 80 valence electrons. The number of aliphatic hydroxyl groups excluding tert-OH is 2. The molecule has 0 aliphatic heterocycles. The third-order valence-corrected chi connectivity index (χ3v) is 2.59. The van der Waals surface area contributed by atoms with E-state index in [1.807, 2.05) is 6.92 Å². The predicted molar refractivity (Wildman–Crippen MR) is 56.2 cm³/mol. The molecule has 0 amide bonds. The van der Waals surface area contributed by atoms with Gasteiger partial charge in [-0.1, -0.05) is 6.92 Å². The molecular formula is C9H20O3S. The SMILES string of the molecule is CCC(CO)(CO)COCCCS. The van der Waals surface area contributed by atoms with Gasteiger partial charge in [0.2, 0.25) is 0 Å². The summed E-state index contributed by atoms with van der Waals surface area (Å²) < 4.78 is 5.34. The van der Waals surface area contributed by atoms with Gasteiger partial charge in [0, 0.05) is 12.0 Å². The third-order valence-electron chi connectivity index (χ3n) is 2.28. The number of aliphatic hydroxyl groups is 2. The average molecular weight is 208 g/mol. The van der Waals surface area contributed by atoms with E-state index in [4.69, 9.17) is 14.9 Å². The second-order valence-corrected chi connectivity index (χ2v) is 3.75. The van der Waals surface area contributed by atoms with Crippen molar-refractivity contribution in [2.24, 2.45) is 5.41 Å². The van der Waals surface area contributed by atoms with Crippen LogP contribution < -0.4 is 0 Å². The van der Waals surface area contributed by atoms with Gasteiger partial charge in [0.1, 0.15) is 0 Å². The highest BCUT2D eigenvalue weighted by Gasteiger charge is 2.26. The molecule has 0 spiro atoms. The Labute approximate surface area is 85.5 Å². The molecule has 0 saturated heterocycles. The van der Waals surface area contributed by atoms with E-state index in [2.05, 4.69) is 12.6 Å². The monoisotopic (exact) mass is 208 g/mol. The van der Waals surface area contributed by atoms with E-state index in [0.717, 1.165) is 18.6 Å². The summed E-state index contributed by atoms with van der Waals surface area (Å²) in [6.45, 7) is 2.95. The number of thiol groups is 1. The van der Waals surface area contributed by atoms with E-state index < -0.39 is 5.41 Å². The minimum Gasteiger partial charge on any atom is -0.396 e. The van der Waals surface area contributed by atoms with E-state index >= 15 is 0 Å². The summed E-state index contributed by atoms with van der Waals surface area (Å²) >= 11 is 4.06. The Bertz CT molecular complexity index is 107. The summed E-state index contributed by atoms with van der Waals surface area (Å²) in [6.07, 6.45) is 1.63. The molecule has 0 fully saturated rings. The fraction of sp³-hybridized carbons (Fsp3) is 1.00. The van der Waals surface area contributed by atoms with Crippen molar-refractivity contribution < 1.29 is 14.9 Å². The van der Waals surface area contributed by atoms with Crippen molar-refractivity contribution in [3.8, 4) is 0 Å². The van der Waals surface area contributed by atoms with Crippen LogP contribution >= 0.6 is 12.6 Å². The van der Waals surface area contributed by atoms with Crippen molar-refractivity contribution in [1.82, 2.24) is 0 Å². The molecule has 0 aliphatic rings. The lowest BCUT2D eigenvalue weighted by Crippen LogP contribution is -2.34. The maximum Gasteiger partial charge on any atom is 0.0566 e. The first-order chi connectivity index (χ1) is 6.24. The molecule has 2 N–H and O–H groups in total. The highest BCUT2D eigenvalue weighted by atomic mass is 32.1. The van der Waals surface area contributed by atoms with Crippen molar-refractivity contribution >= 4 is 12.6 Å². The fourth-order valence-electron chi connectivity index (χ4n) is 0.922. The lowest BCUT2D eigenvalue weighted by molar-refractivity contribution is -0.0294. The van der Waals surface area contributed by atoms with Crippen molar-refractivity contribution in [2.45, 2.75) is 19.8 Å². The first-order valence-electron chi connectivity index (χ1n) is 4.65. The topological polar surface area (TPSA) is 49.7 Å². The van der Waals surface area contributed by atoms with Crippen LogP contribution in [0.1, 0.15) is 19.8 Å². The Hall–Kier alpha value is 0.230. The summed E-state index contributed by atoms with van der Waals surface area (Å²) in [5.41, 5.74) is -0.462. The van der Waals surface area contributed by atoms with E-state index in [1.54, 1.807) is 0 Å². The molecule has 3 nitrogen and oxygen atoms in total. The van der Waals surface area contributed by atoms with Gasteiger partial charge < -0.3 is 14.9 Å². The van der Waals surface area contributed by atoms with Crippen molar-refractivity contribution in [3.63, 3.8) is 0 Å². The van der Waals surface area contributed by atoms with Crippen LogP contribution in [0.4, 0.5) is 0 Å². The zero-order valence-corrected chi connectivity index (χ0v) is 9.09. The highest BCUT2D eigenvalue weighted by molar-refractivity contribution is 7.80. The molecule has 13 heavy (non-hydrogen) atoms. The number of ether oxygens (including phenoxy) is 1. The van der Waals surface area contributed by atoms with Crippen LogP contribution in [0.25, 0.3) is 0 Å². The van der Waals surface area contributed by atoms with Crippen LogP contribution in [0.5, 0.6) is 0 Å². The number of rotatable bonds is 8. The Kier molecular flexibility index (Phi) is 7.75. The molecule has 0 saturated carbocycles. The van der Waals surface area contributed by atoms with Crippen molar-refractivity contribution in [2.75, 3.05) is 32.2 Å².